The lowest BCUT2D eigenvalue weighted by Crippen LogP contribution is -2.38. The topological polar surface area (TPSA) is 20.3 Å². The number of carbonyl (C=O) groups excluding carboxylic acids is 1. The third-order valence-electron chi connectivity index (χ3n) is 1.60. The van der Waals surface area contributed by atoms with Crippen molar-refractivity contribution in [1.29, 1.82) is 0 Å². The Balaban J connectivity index is 2.52. The minimum Gasteiger partial charge on any atom is -0.345 e. The first-order valence-corrected chi connectivity index (χ1v) is 4.35. The van der Waals surface area contributed by atoms with Crippen molar-refractivity contribution in [2.75, 3.05) is 13.6 Å². The van der Waals surface area contributed by atoms with Crippen molar-refractivity contribution in [1.82, 2.24) is 4.90 Å². The first-order chi connectivity index (χ1) is 4.22. The standard InChI is InChI=1S/C6H10INO/c1-8-4-2-3-5(7)6(8)9/h5H,2-4H2,1H3. The highest BCUT2D eigenvalue weighted by Gasteiger charge is 2.22. The van der Waals surface area contributed by atoms with Crippen LogP contribution in [0.2, 0.25) is 0 Å². The number of hydrogen-bond donors (Lipinski definition) is 0. The lowest BCUT2D eigenvalue weighted by Gasteiger charge is -2.25. The van der Waals surface area contributed by atoms with E-state index in [1.165, 1.54) is 0 Å². The van der Waals surface area contributed by atoms with Crippen LogP contribution in [-0.2, 0) is 4.79 Å². The van der Waals surface area contributed by atoms with Gasteiger partial charge in [-0.1, -0.05) is 22.6 Å². The molecule has 0 spiro atoms. The van der Waals surface area contributed by atoms with Crippen LogP contribution in [0.15, 0.2) is 0 Å². The molecule has 0 saturated carbocycles. The number of alkyl halides is 1. The third kappa shape index (κ3) is 1.56. The zero-order valence-corrected chi connectivity index (χ0v) is 7.59. The van der Waals surface area contributed by atoms with Gasteiger partial charge in [-0.15, -0.1) is 0 Å². The van der Waals surface area contributed by atoms with Gasteiger partial charge < -0.3 is 4.90 Å². The second-order valence-corrected chi connectivity index (χ2v) is 3.87. The molecule has 1 unspecified atom stereocenters. The first kappa shape index (κ1) is 7.31. The number of rotatable bonds is 0. The Morgan fingerprint density at radius 3 is 2.89 bits per heavy atom. The van der Waals surface area contributed by atoms with E-state index in [1.54, 1.807) is 4.90 Å². The second-order valence-electron chi connectivity index (χ2n) is 2.37. The van der Waals surface area contributed by atoms with Crippen LogP contribution < -0.4 is 0 Å². The van der Waals surface area contributed by atoms with Crippen molar-refractivity contribution in [3.8, 4) is 0 Å². The van der Waals surface area contributed by atoms with Crippen LogP contribution in [-0.4, -0.2) is 28.3 Å². The van der Waals surface area contributed by atoms with Gasteiger partial charge in [0.25, 0.3) is 0 Å². The molecule has 1 aliphatic rings. The van der Waals surface area contributed by atoms with Crippen molar-refractivity contribution in [3.05, 3.63) is 0 Å². The Morgan fingerprint density at radius 2 is 2.44 bits per heavy atom. The number of nitrogens with zero attached hydrogens (tertiary/aromatic N) is 1. The van der Waals surface area contributed by atoms with Crippen LogP contribution in [0.3, 0.4) is 0 Å². The van der Waals surface area contributed by atoms with E-state index in [1.807, 2.05) is 7.05 Å². The molecule has 0 aromatic carbocycles. The molecule has 0 N–H and O–H groups in total. The van der Waals surface area contributed by atoms with Crippen LogP contribution >= 0.6 is 22.6 Å². The summed E-state index contributed by atoms with van der Waals surface area (Å²) in [5.74, 6) is 0.293. The molecular weight excluding hydrogens is 229 g/mol. The van der Waals surface area contributed by atoms with E-state index in [0.29, 0.717) is 5.91 Å². The highest BCUT2D eigenvalue weighted by atomic mass is 127. The minimum absolute atomic E-state index is 0.237. The summed E-state index contributed by atoms with van der Waals surface area (Å²) >= 11 is 2.21. The number of hydrogen-bond acceptors (Lipinski definition) is 1. The Labute approximate surface area is 68.7 Å². The molecule has 0 bridgehead atoms. The molecule has 1 rings (SSSR count). The monoisotopic (exact) mass is 239 g/mol. The summed E-state index contributed by atoms with van der Waals surface area (Å²) in [6.45, 7) is 0.943. The van der Waals surface area contributed by atoms with E-state index in [2.05, 4.69) is 22.6 Å². The maximum Gasteiger partial charge on any atom is 0.235 e. The summed E-state index contributed by atoms with van der Waals surface area (Å²) in [5, 5.41) is 0. The summed E-state index contributed by atoms with van der Waals surface area (Å²) < 4.78 is 0.237. The molecule has 0 radical (unpaired) electrons. The molecule has 1 heterocycles. The fourth-order valence-corrected chi connectivity index (χ4v) is 1.90. The summed E-state index contributed by atoms with van der Waals surface area (Å²) in [7, 11) is 1.87. The largest absolute Gasteiger partial charge is 0.345 e. The van der Waals surface area contributed by atoms with Gasteiger partial charge in [0.05, 0.1) is 3.92 Å². The molecule has 3 heteroatoms. The van der Waals surface area contributed by atoms with E-state index in [4.69, 9.17) is 0 Å². The number of amides is 1. The van der Waals surface area contributed by atoms with Gasteiger partial charge in [-0.25, -0.2) is 0 Å². The van der Waals surface area contributed by atoms with Gasteiger partial charge in [0, 0.05) is 13.6 Å². The van der Waals surface area contributed by atoms with Crippen LogP contribution in [0.5, 0.6) is 0 Å². The molecule has 2 nitrogen and oxygen atoms in total. The van der Waals surface area contributed by atoms with E-state index >= 15 is 0 Å². The van der Waals surface area contributed by atoms with Crippen molar-refractivity contribution in [3.63, 3.8) is 0 Å². The van der Waals surface area contributed by atoms with Gasteiger partial charge in [-0.05, 0) is 12.8 Å². The molecule has 0 aromatic heterocycles. The molecule has 1 saturated heterocycles. The summed E-state index contributed by atoms with van der Waals surface area (Å²) in [6.07, 6.45) is 2.22. The van der Waals surface area contributed by atoms with Crippen LogP contribution in [0.4, 0.5) is 0 Å². The first-order valence-electron chi connectivity index (χ1n) is 3.11. The Bertz CT molecular complexity index is 114. The van der Waals surface area contributed by atoms with Crippen molar-refractivity contribution in [2.45, 2.75) is 16.8 Å². The predicted octanol–water partition coefficient (Wildman–Crippen LogP) is 1.04. The quantitative estimate of drug-likeness (QED) is 0.457. The maximum atomic E-state index is 11.0. The van der Waals surface area contributed by atoms with Gasteiger partial charge in [0.15, 0.2) is 0 Å². The molecule has 1 amide bonds. The van der Waals surface area contributed by atoms with Crippen molar-refractivity contribution < 1.29 is 4.79 Å². The van der Waals surface area contributed by atoms with Crippen LogP contribution in [0, 0.1) is 0 Å². The molecule has 52 valence electrons. The molecule has 9 heavy (non-hydrogen) atoms. The summed E-state index contributed by atoms with van der Waals surface area (Å²) in [5.41, 5.74) is 0. The van der Waals surface area contributed by atoms with E-state index in [9.17, 15) is 4.79 Å². The van der Waals surface area contributed by atoms with Gasteiger partial charge in [0.2, 0.25) is 5.91 Å². The third-order valence-corrected chi connectivity index (χ3v) is 2.75. The summed E-state index contributed by atoms with van der Waals surface area (Å²) in [4.78, 5) is 12.8. The van der Waals surface area contributed by atoms with E-state index in [-0.39, 0.29) is 3.92 Å². The SMILES string of the molecule is CN1CCCC(I)C1=O. The number of carbonyl (C=O) groups is 1. The molecule has 0 aliphatic carbocycles. The average molecular weight is 239 g/mol. The fourth-order valence-electron chi connectivity index (χ4n) is 0.980. The fraction of sp³-hybridized carbons (Fsp3) is 0.833. The smallest absolute Gasteiger partial charge is 0.235 e. The molecule has 1 fully saturated rings. The van der Waals surface area contributed by atoms with Gasteiger partial charge in [-0.3, -0.25) is 4.79 Å². The van der Waals surface area contributed by atoms with Crippen LogP contribution in [0.25, 0.3) is 0 Å². The molecule has 0 aromatic rings. The number of piperidine rings is 1. The zero-order valence-electron chi connectivity index (χ0n) is 5.43. The lowest BCUT2D eigenvalue weighted by atomic mass is 10.1. The zero-order chi connectivity index (χ0) is 6.85. The highest BCUT2D eigenvalue weighted by molar-refractivity contribution is 14.1. The maximum absolute atomic E-state index is 11.0. The molecule has 1 atom stereocenters. The van der Waals surface area contributed by atoms with Gasteiger partial charge >= 0.3 is 0 Å². The average Bonchev–Trinajstić information content (AvgIpc) is 1.83. The summed E-state index contributed by atoms with van der Waals surface area (Å²) in [6, 6.07) is 0. The second kappa shape index (κ2) is 2.86. The number of likely N-dealkylation sites (tertiary alicyclic amines) is 1. The number of halogens is 1. The normalized spacial score (nSPS) is 28.9. The van der Waals surface area contributed by atoms with E-state index in [0.717, 1.165) is 19.4 Å². The molecule has 1 aliphatic heterocycles. The Morgan fingerprint density at radius 1 is 1.78 bits per heavy atom. The highest BCUT2D eigenvalue weighted by Crippen LogP contribution is 2.16. The van der Waals surface area contributed by atoms with Crippen LogP contribution in [0.1, 0.15) is 12.8 Å². The Kier molecular flexibility index (Phi) is 2.32. The van der Waals surface area contributed by atoms with Gasteiger partial charge in [-0.2, -0.15) is 0 Å². The predicted molar refractivity (Wildman–Crippen MR) is 44.7 cm³/mol. The van der Waals surface area contributed by atoms with Crippen molar-refractivity contribution in [2.24, 2.45) is 0 Å². The van der Waals surface area contributed by atoms with Crippen molar-refractivity contribution >= 4 is 28.5 Å². The lowest BCUT2D eigenvalue weighted by molar-refractivity contribution is -0.130. The van der Waals surface area contributed by atoms with E-state index < -0.39 is 0 Å². The minimum atomic E-state index is 0.237. The molecular formula is C6H10INO. The van der Waals surface area contributed by atoms with Gasteiger partial charge in [0.1, 0.15) is 0 Å². The Hall–Kier alpha value is 0.200.